The lowest BCUT2D eigenvalue weighted by atomic mass is 9.92. The lowest BCUT2D eigenvalue weighted by Gasteiger charge is -2.28. The SMILES string of the molecule is CC(C)(C)c1ccc(N2CC3CN(C(=O)C4CCC(=O)NN4)CC3C2)nn1. The van der Waals surface area contributed by atoms with Gasteiger partial charge in [0.1, 0.15) is 6.04 Å². The normalized spacial score (nSPS) is 28.3. The summed E-state index contributed by atoms with van der Waals surface area (Å²) in [5.74, 6) is 1.91. The van der Waals surface area contributed by atoms with Gasteiger partial charge in [-0.2, -0.15) is 5.10 Å². The van der Waals surface area contributed by atoms with E-state index in [1.807, 2.05) is 4.90 Å². The molecule has 8 heteroatoms. The summed E-state index contributed by atoms with van der Waals surface area (Å²) in [6, 6.07) is 3.83. The molecule has 2 amide bonds. The third kappa shape index (κ3) is 3.63. The van der Waals surface area contributed by atoms with Crippen LogP contribution in [-0.4, -0.2) is 59.1 Å². The number of fused-ring (bicyclic) bond motifs is 1. The second kappa shape index (κ2) is 6.74. The van der Waals surface area contributed by atoms with E-state index in [4.69, 9.17) is 0 Å². The predicted molar refractivity (Wildman–Crippen MR) is 101 cm³/mol. The zero-order chi connectivity index (χ0) is 19.2. The van der Waals surface area contributed by atoms with Crippen LogP contribution in [0.4, 0.5) is 5.82 Å². The topological polar surface area (TPSA) is 90.5 Å². The van der Waals surface area contributed by atoms with Crippen LogP contribution in [0.3, 0.4) is 0 Å². The maximum atomic E-state index is 12.7. The van der Waals surface area contributed by atoms with Crippen molar-refractivity contribution in [1.29, 1.82) is 0 Å². The maximum Gasteiger partial charge on any atom is 0.241 e. The van der Waals surface area contributed by atoms with Crippen LogP contribution >= 0.6 is 0 Å². The molecule has 3 unspecified atom stereocenters. The molecular weight excluding hydrogens is 344 g/mol. The highest BCUT2D eigenvalue weighted by Gasteiger charge is 2.43. The van der Waals surface area contributed by atoms with Crippen molar-refractivity contribution in [1.82, 2.24) is 25.9 Å². The standard InChI is InChI=1S/C19H28N6O2/c1-19(2,3)15-5-6-16(22-21-15)24-8-12-10-25(11-13(12)9-24)18(27)14-4-7-17(26)23-20-14/h5-6,12-14,20H,4,7-11H2,1-3H3,(H,23,26). The molecule has 1 aromatic rings. The Balaban J connectivity index is 1.34. The highest BCUT2D eigenvalue weighted by Crippen LogP contribution is 2.34. The largest absolute Gasteiger partial charge is 0.354 e. The molecule has 4 heterocycles. The third-order valence-corrected chi connectivity index (χ3v) is 5.88. The number of hydrogen-bond acceptors (Lipinski definition) is 6. The summed E-state index contributed by atoms with van der Waals surface area (Å²) in [4.78, 5) is 28.2. The van der Waals surface area contributed by atoms with Gasteiger partial charge in [-0.05, 0) is 18.6 Å². The Morgan fingerprint density at radius 2 is 1.81 bits per heavy atom. The van der Waals surface area contributed by atoms with Crippen molar-refractivity contribution in [2.24, 2.45) is 11.8 Å². The van der Waals surface area contributed by atoms with E-state index < -0.39 is 0 Å². The van der Waals surface area contributed by atoms with E-state index in [2.05, 4.69) is 58.9 Å². The Morgan fingerprint density at radius 3 is 2.33 bits per heavy atom. The molecule has 1 aromatic heterocycles. The van der Waals surface area contributed by atoms with Crippen LogP contribution in [0.1, 0.15) is 39.3 Å². The average Bonchev–Trinajstić information content (AvgIpc) is 3.20. The Kier molecular flexibility index (Phi) is 4.53. The lowest BCUT2D eigenvalue weighted by Crippen LogP contribution is -2.56. The maximum absolute atomic E-state index is 12.7. The van der Waals surface area contributed by atoms with Crippen molar-refractivity contribution in [2.45, 2.75) is 45.1 Å². The molecule has 4 rings (SSSR count). The molecule has 3 aliphatic heterocycles. The van der Waals surface area contributed by atoms with Crippen LogP contribution in [0.2, 0.25) is 0 Å². The van der Waals surface area contributed by atoms with Gasteiger partial charge in [0.2, 0.25) is 11.8 Å². The minimum absolute atomic E-state index is 0.000530. The second-order valence-electron chi connectivity index (χ2n) is 8.98. The summed E-state index contributed by atoms with van der Waals surface area (Å²) in [5.41, 5.74) is 6.41. The Labute approximate surface area is 159 Å². The zero-order valence-corrected chi connectivity index (χ0v) is 16.2. The number of anilines is 1. The molecule has 146 valence electrons. The van der Waals surface area contributed by atoms with Crippen LogP contribution in [0, 0.1) is 11.8 Å². The monoisotopic (exact) mass is 372 g/mol. The molecule has 3 aliphatic rings. The van der Waals surface area contributed by atoms with Crippen molar-refractivity contribution in [3.05, 3.63) is 17.8 Å². The van der Waals surface area contributed by atoms with Crippen LogP contribution < -0.4 is 15.8 Å². The molecule has 2 N–H and O–H groups in total. The number of carbonyl (C=O) groups is 2. The second-order valence-corrected chi connectivity index (χ2v) is 8.98. The van der Waals surface area contributed by atoms with Gasteiger partial charge in [-0.25, -0.2) is 5.43 Å². The molecule has 0 bridgehead atoms. The molecule has 0 radical (unpaired) electrons. The van der Waals surface area contributed by atoms with Crippen LogP contribution in [-0.2, 0) is 15.0 Å². The Morgan fingerprint density at radius 1 is 1.11 bits per heavy atom. The van der Waals surface area contributed by atoms with Gasteiger partial charge in [0.15, 0.2) is 5.82 Å². The minimum Gasteiger partial charge on any atom is -0.354 e. The van der Waals surface area contributed by atoms with Crippen molar-refractivity contribution in [2.75, 3.05) is 31.1 Å². The van der Waals surface area contributed by atoms with E-state index in [0.717, 1.165) is 37.7 Å². The number of rotatable bonds is 2. The van der Waals surface area contributed by atoms with Gasteiger partial charge >= 0.3 is 0 Å². The first-order valence-electron chi connectivity index (χ1n) is 9.73. The number of likely N-dealkylation sites (tertiary alicyclic amines) is 1. The first-order valence-corrected chi connectivity index (χ1v) is 9.73. The smallest absolute Gasteiger partial charge is 0.241 e. The summed E-state index contributed by atoms with van der Waals surface area (Å²) in [6.45, 7) is 9.78. The number of carbonyl (C=O) groups excluding carboxylic acids is 2. The van der Waals surface area contributed by atoms with Crippen LogP contribution in [0.15, 0.2) is 12.1 Å². The number of hydrogen-bond donors (Lipinski definition) is 2. The minimum atomic E-state index is -0.298. The van der Waals surface area contributed by atoms with Crippen molar-refractivity contribution >= 4 is 17.6 Å². The number of nitrogens with zero attached hydrogens (tertiary/aromatic N) is 4. The quantitative estimate of drug-likeness (QED) is 0.784. The van der Waals surface area contributed by atoms with Gasteiger partial charge in [-0.1, -0.05) is 20.8 Å². The van der Waals surface area contributed by atoms with Gasteiger partial charge in [-0.15, -0.1) is 5.10 Å². The van der Waals surface area contributed by atoms with Gasteiger partial charge in [0.25, 0.3) is 0 Å². The molecule has 0 spiro atoms. The van der Waals surface area contributed by atoms with Crippen molar-refractivity contribution in [3.63, 3.8) is 0 Å². The average molecular weight is 372 g/mol. The van der Waals surface area contributed by atoms with Gasteiger partial charge < -0.3 is 9.80 Å². The first kappa shape index (κ1) is 18.2. The van der Waals surface area contributed by atoms with Crippen molar-refractivity contribution < 1.29 is 9.59 Å². The fourth-order valence-corrected chi connectivity index (χ4v) is 4.24. The fraction of sp³-hybridized carbons (Fsp3) is 0.684. The molecule has 8 nitrogen and oxygen atoms in total. The molecule has 27 heavy (non-hydrogen) atoms. The first-order chi connectivity index (χ1) is 12.8. The van der Waals surface area contributed by atoms with E-state index in [1.54, 1.807) is 0 Å². The molecular formula is C19H28N6O2. The Bertz CT molecular complexity index is 705. The van der Waals surface area contributed by atoms with Gasteiger partial charge in [-0.3, -0.25) is 15.0 Å². The zero-order valence-electron chi connectivity index (χ0n) is 16.2. The lowest BCUT2D eigenvalue weighted by molar-refractivity contribution is -0.135. The van der Waals surface area contributed by atoms with Crippen LogP contribution in [0.5, 0.6) is 0 Å². The van der Waals surface area contributed by atoms with Crippen LogP contribution in [0.25, 0.3) is 0 Å². The van der Waals surface area contributed by atoms with Gasteiger partial charge in [0.05, 0.1) is 5.69 Å². The van der Waals surface area contributed by atoms with Gasteiger partial charge in [0, 0.05) is 49.9 Å². The summed E-state index contributed by atoms with van der Waals surface area (Å²) in [5, 5.41) is 8.83. The number of hydrazine groups is 1. The highest BCUT2D eigenvalue weighted by atomic mass is 16.2. The molecule has 3 atom stereocenters. The molecule has 0 aromatic carbocycles. The van der Waals surface area contributed by atoms with E-state index in [0.29, 0.717) is 24.7 Å². The highest BCUT2D eigenvalue weighted by molar-refractivity contribution is 5.85. The Hall–Kier alpha value is -2.22. The van der Waals surface area contributed by atoms with E-state index in [9.17, 15) is 9.59 Å². The number of aromatic nitrogens is 2. The molecule has 3 fully saturated rings. The van der Waals surface area contributed by atoms with Crippen molar-refractivity contribution in [3.8, 4) is 0 Å². The third-order valence-electron chi connectivity index (χ3n) is 5.88. The number of amides is 2. The van der Waals surface area contributed by atoms with E-state index >= 15 is 0 Å². The van der Waals surface area contributed by atoms with E-state index in [-0.39, 0.29) is 23.3 Å². The molecule has 0 saturated carbocycles. The molecule has 3 saturated heterocycles. The summed E-state index contributed by atoms with van der Waals surface area (Å²) < 4.78 is 0. The fourth-order valence-electron chi connectivity index (χ4n) is 4.24. The predicted octanol–water partition coefficient (Wildman–Crippen LogP) is 0.452. The number of nitrogens with one attached hydrogen (secondary N) is 2. The van der Waals surface area contributed by atoms with E-state index in [1.165, 1.54) is 0 Å². The summed E-state index contributed by atoms with van der Waals surface area (Å²) in [7, 11) is 0. The molecule has 0 aliphatic carbocycles. The summed E-state index contributed by atoms with van der Waals surface area (Å²) in [6.07, 6.45) is 0.972. The summed E-state index contributed by atoms with van der Waals surface area (Å²) >= 11 is 0.